The summed E-state index contributed by atoms with van der Waals surface area (Å²) in [5, 5.41) is 21.8. The van der Waals surface area contributed by atoms with Gasteiger partial charge in [-0.3, -0.25) is 18.6 Å². The second-order valence-electron chi connectivity index (χ2n) is 14.5. The number of hydrogen-bond donors (Lipinski definition) is 4. The Morgan fingerprint density at radius 2 is 1.00 bits per heavy atom. The average Bonchev–Trinajstić information content (AvgIpc) is 3.20. The van der Waals surface area contributed by atoms with Gasteiger partial charge in [0.05, 0.1) is 13.2 Å². The summed E-state index contributed by atoms with van der Waals surface area (Å²) in [5.41, 5.74) is 0. The van der Waals surface area contributed by atoms with Crippen molar-refractivity contribution in [3.05, 3.63) is 72.9 Å². The number of aliphatic hydroxyl groups is 1. The van der Waals surface area contributed by atoms with Crippen LogP contribution in [-0.4, -0.2) is 64.9 Å². The zero-order chi connectivity index (χ0) is 42.8. The molecule has 0 saturated heterocycles. The number of phosphoric acid groups is 1. The lowest BCUT2D eigenvalue weighted by atomic mass is 10.1. The van der Waals surface area contributed by atoms with E-state index in [0.29, 0.717) is 12.8 Å². The van der Waals surface area contributed by atoms with Gasteiger partial charge in [-0.25, -0.2) is 9.36 Å². The first kappa shape index (κ1) is 54.9. The van der Waals surface area contributed by atoms with Gasteiger partial charge >= 0.3 is 19.8 Å². The van der Waals surface area contributed by atoms with E-state index >= 15 is 0 Å². The summed E-state index contributed by atoms with van der Waals surface area (Å²) in [4.78, 5) is 45.9. The number of rotatable bonds is 40. The van der Waals surface area contributed by atoms with Crippen LogP contribution in [0.25, 0.3) is 0 Å². The van der Waals surface area contributed by atoms with E-state index in [1.165, 1.54) is 44.9 Å². The largest absolute Gasteiger partial charge is 0.480 e. The molecule has 1 amide bonds. The SMILES string of the molecule is CC/C=C\C/C=C\C/C=C\CCCCCC(=O)OCC(O)COP(=O)(O)OCC(NC(=O)CCCCCCCCCC/C=C\C/C=C\C/C=C\CCCCC)C(=O)O. The number of carbonyl (C=O) groups is 3. The monoisotopic (exact) mass is 836 g/mol. The molecule has 0 aliphatic rings. The predicted molar refractivity (Wildman–Crippen MR) is 235 cm³/mol. The molecule has 0 rings (SSSR count). The lowest BCUT2D eigenvalue weighted by Crippen LogP contribution is -2.43. The number of allylic oxidation sites excluding steroid dienone is 12. The number of unbranched alkanes of at least 4 members (excludes halogenated alkanes) is 14. The van der Waals surface area contributed by atoms with Crippen molar-refractivity contribution < 1.29 is 47.8 Å². The number of carboxylic acid groups (broad SMARTS) is 1. The number of aliphatic carboxylic acids is 1. The maximum absolute atomic E-state index is 12.3. The molecule has 12 heteroatoms. The molecule has 0 aromatic rings. The number of esters is 1. The Morgan fingerprint density at radius 1 is 0.569 bits per heavy atom. The number of nitrogens with one attached hydrogen (secondary N) is 1. The molecule has 0 heterocycles. The van der Waals surface area contributed by atoms with Crippen LogP contribution in [0.15, 0.2) is 72.9 Å². The number of carbonyl (C=O) groups excluding carboxylic acids is 2. The van der Waals surface area contributed by atoms with Crippen molar-refractivity contribution in [1.29, 1.82) is 0 Å². The Balaban J connectivity index is 3.95. The molecule has 0 aromatic heterocycles. The number of hydrogen-bond acceptors (Lipinski definition) is 8. The van der Waals surface area contributed by atoms with E-state index in [4.69, 9.17) is 13.8 Å². The van der Waals surface area contributed by atoms with Gasteiger partial charge in [-0.05, 0) is 83.5 Å². The van der Waals surface area contributed by atoms with Gasteiger partial charge in [0.1, 0.15) is 12.7 Å². The standard InChI is InChI=1S/C46H78NO10P/c1-3-5-7-9-11-13-15-17-18-19-20-21-22-23-24-26-27-29-31-33-35-37-44(49)47-43(46(51)52)41-57-58(53,54)56-40-42(48)39-55-45(50)38-36-34-32-30-28-25-16-14-12-10-8-6-4-2/h6,8,11-14,17-18,20-21,25,28,42-43,48H,3-5,7,9-10,15-16,19,22-24,26-27,29-41H2,1-2H3,(H,47,49)(H,51,52)(H,53,54)/b8-6-,13-11-,14-12-,18-17-,21-20-,28-25-. The van der Waals surface area contributed by atoms with Crippen molar-refractivity contribution in [3.8, 4) is 0 Å². The molecule has 11 nitrogen and oxygen atoms in total. The van der Waals surface area contributed by atoms with Gasteiger partial charge in [-0.15, -0.1) is 0 Å². The maximum atomic E-state index is 12.3. The van der Waals surface area contributed by atoms with Crippen LogP contribution >= 0.6 is 7.82 Å². The van der Waals surface area contributed by atoms with E-state index in [1.54, 1.807) is 0 Å². The first-order valence-electron chi connectivity index (χ1n) is 22.0. The van der Waals surface area contributed by atoms with Crippen LogP contribution in [0.5, 0.6) is 0 Å². The second-order valence-corrected chi connectivity index (χ2v) is 16.0. The molecule has 0 fully saturated rings. The first-order chi connectivity index (χ1) is 28.1. The van der Waals surface area contributed by atoms with Crippen molar-refractivity contribution in [1.82, 2.24) is 5.32 Å². The third-order valence-corrected chi connectivity index (χ3v) is 9.93. The highest BCUT2D eigenvalue weighted by Crippen LogP contribution is 2.43. The minimum Gasteiger partial charge on any atom is -0.480 e. The summed E-state index contributed by atoms with van der Waals surface area (Å²) in [7, 11) is -4.77. The van der Waals surface area contributed by atoms with E-state index in [-0.39, 0.29) is 12.8 Å². The number of ether oxygens (including phenoxy) is 1. The fraction of sp³-hybridized carbons (Fsp3) is 0.674. The summed E-state index contributed by atoms with van der Waals surface area (Å²) in [6, 6.07) is -1.56. The Kier molecular flexibility index (Phi) is 38.5. The minimum absolute atomic E-state index is 0.131. The van der Waals surface area contributed by atoms with Gasteiger partial charge in [0.25, 0.3) is 0 Å². The van der Waals surface area contributed by atoms with Crippen molar-refractivity contribution in [2.75, 3.05) is 19.8 Å². The van der Waals surface area contributed by atoms with Gasteiger partial charge in [0.2, 0.25) is 5.91 Å². The van der Waals surface area contributed by atoms with Crippen LogP contribution in [0.4, 0.5) is 0 Å². The highest BCUT2D eigenvalue weighted by molar-refractivity contribution is 7.47. The summed E-state index contributed by atoms with van der Waals surface area (Å²) in [6.45, 7) is 2.40. The third kappa shape index (κ3) is 39.7. The van der Waals surface area contributed by atoms with Crippen molar-refractivity contribution in [2.45, 2.75) is 180 Å². The van der Waals surface area contributed by atoms with Crippen molar-refractivity contribution in [2.24, 2.45) is 0 Å². The molecule has 332 valence electrons. The van der Waals surface area contributed by atoms with E-state index in [2.05, 4.69) is 92.1 Å². The predicted octanol–water partition coefficient (Wildman–Crippen LogP) is 11.3. The molecule has 3 unspecified atom stereocenters. The van der Waals surface area contributed by atoms with E-state index in [0.717, 1.165) is 83.5 Å². The first-order valence-corrected chi connectivity index (χ1v) is 23.5. The fourth-order valence-corrected chi connectivity index (χ4v) is 6.34. The summed E-state index contributed by atoms with van der Waals surface area (Å²) >= 11 is 0. The Labute approximate surface area is 350 Å². The average molecular weight is 836 g/mol. The molecular weight excluding hydrogens is 757 g/mol. The third-order valence-electron chi connectivity index (χ3n) is 8.98. The van der Waals surface area contributed by atoms with Gasteiger partial charge in [-0.1, -0.05) is 145 Å². The number of carboxylic acids is 1. The molecule has 0 spiro atoms. The van der Waals surface area contributed by atoms with Gasteiger partial charge < -0.3 is 25.2 Å². The second kappa shape index (κ2) is 40.7. The van der Waals surface area contributed by atoms with Gasteiger partial charge in [0.15, 0.2) is 6.04 Å². The van der Waals surface area contributed by atoms with Crippen molar-refractivity contribution >= 4 is 25.7 Å². The summed E-state index contributed by atoms with van der Waals surface area (Å²) in [5.74, 6) is -2.42. The van der Waals surface area contributed by atoms with Crippen LogP contribution in [0.3, 0.4) is 0 Å². The highest BCUT2D eigenvalue weighted by Gasteiger charge is 2.28. The summed E-state index contributed by atoms with van der Waals surface area (Å²) < 4.78 is 26.8. The number of phosphoric ester groups is 1. The maximum Gasteiger partial charge on any atom is 0.472 e. The zero-order valence-corrected chi connectivity index (χ0v) is 36.7. The zero-order valence-electron chi connectivity index (χ0n) is 35.8. The molecule has 3 atom stereocenters. The molecule has 0 radical (unpaired) electrons. The molecule has 4 N–H and O–H groups in total. The Morgan fingerprint density at radius 3 is 1.52 bits per heavy atom. The highest BCUT2D eigenvalue weighted by atomic mass is 31.2. The van der Waals surface area contributed by atoms with E-state index in [1.807, 2.05) is 0 Å². The molecule has 58 heavy (non-hydrogen) atoms. The lowest BCUT2D eigenvalue weighted by Gasteiger charge is -2.18. The quantitative estimate of drug-likeness (QED) is 0.0202. The number of amides is 1. The van der Waals surface area contributed by atoms with Crippen LogP contribution in [0.1, 0.15) is 168 Å². The van der Waals surface area contributed by atoms with Gasteiger partial charge in [-0.2, -0.15) is 0 Å². The van der Waals surface area contributed by atoms with Crippen molar-refractivity contribution in [3.63, 3.8) is 0 Å². The van der Waals surface area contributed by atoms with E-state index in [9.17, 15) is 34.1 Å². The fourth-order valence-electron chi connectivity index (χ4n) is 5.57. The summed E-state index contributed by atoms with van der Waals surface area (Å²) in [6.07, 6.45) is 47.8. The molecule has 0 saturated carbocycles. The van der Waals surface area contributed by atoms with Crippen LogP contribution in [0.2, 0.25) is 0 Å². The molecular formula is C46H78NO10P. The van der Waals surface area contributed by atoms with Crippen LogP contribution in [0, 0.1) is 0 Å². The van der Waals surface area contributed by atoms with Crippen LogP contribution < -0.4 is 5.32 Å². The molecule has 0 aromatic carbocycles. The molecule has 0 aliphatic heterocycles. The van der Waals surface area contributed by atoms with Gasteiger partial charge in [0, 0.05) is 12.8 Å². The Bertz CT molecular complexity index is 1260. The minimum atomic E-state index is -4.77. The topological polar surface area (TPSA) is 169 Å². The smallest absolute Gasteiger partial charge is 0.472 e. The Hall–Kier alpha value is -3.08. The number of aliphatic hydroxyl groups excluding tert-OH is 1. The normalized spacial score (nSPS) is 14.4. The molecule has 0 aliphatic carbocycles. The molecule has 0 bridgehead atoms. The lowest BCUT2D eigenvalue weighted by molar-refractivity contribution is -0.147. The van der Waals surface area contributed by atoms with Crippen LogP contribution in [-0.2, 0) is 32.7 Å². The van der Waals surface area contributed by atoms with E-state index < -0.39 is 57.6 Å².